The number of carbonyl (C=O) groups is 1. The van der Waals surface area contributed by atoms with E-state index in [-0.39, 0.29) is 17.3 Å². The molecule has 0 aliphatic carbocycles. The molecule has 126 valence electrons. The topological polar surface area (TPSA) is 78.7 Å². The van der Waals surface area contributed by atoms with Gasteiger partial charge < -0.3 is 9.47 Å². The highest BCUT2D eigenvalue weighted by molar-refractivity contribution is 6.33. The summed E-state index contributed by atoms with van der Waals surface area (Å²) >= 11 is 12.2. The third-order valence-corrected chi connectivity index (χ3v) is 3.74. The van der Waals surface area contributed by atoms with Crippen molar-refractivity contribution in [1.29, 1.82) is 0 Å². The Balaban J connectivity index is 2.15. The van der Waals surface area contributed by atoms with E-state index in [9.17, 15) is 14.9 Å². The summed E-state index contributed by atoms with van der Waals surface area (Å²) in [5, 5.41) is 9.91. The zero-order valence-electron chi connectivity index (χ0n) is 12.6. The number of hydrogen-bond acceptors (Lipinski definition) is 5. The lowest BCUT2D eigenvalue weighted by Gasteiger charge is -2.12. The maximum atomic E-state index is 11.6. The molecule has 0 radical (unpaired) electrons. The minimum absolute atomic E-state index is 0.0387. The lowest BCUT2D eigenvalue weighted by atomic mass is 10.1. The summed E-state index contributed by atoms with van der Waals surface area (Å²) in [4.78, 5) is 21.8. The molecular weight excluding hydrogens is 357 g/mol. The van der Waals surface area contributed by atoms with Gasteiger partial charge in [-0.25, -0.2) is 0 Å². The summed E-state index contributed by atoms with van der Waals surface area (Å²) < 4.78 is 10.4. The number of hydrogen-bond donors (Lipinski definition) is 0. The van der Waals surface area contributed by atoms with Crippen molar-refractivity contribution in [2.24, 2.45) is 0 Å². The first-order valence-corrected chi connectivity index (χ1v) is 7.76. The number of rotatable bonds is 6. The lowest BCUT2D eigenvalue weighted by Crippen LogP contribution is -2.11. The normalized spacial score (nSPS) is 11.6. The Morgan fingerprint density at radius 3 is 2.46 bits per heavy atom. The van der Waals surface area contributed by atoms with Crippen molar-refractivity contribution in [2.75, 3.05) is 6.61 Å². The van der Waals surface area contributed by atoms with Crippen molar-refractivity contribution in [3.05, 3.63) is 63.2 Å². The van der Waals surface area contributed by atoms with Gasteiger partial charge in [0.2, 0.25) is 0 Å². The van der Waals surface area contributed by atoms with Gasteiger partial charge in [0, 0.05) is 12.1 Å². The molecule has 1 unspecified atom stereocenters. The van der Waals surface area contributed by atoms with Crippen LogP contribution in [0.2, 0.25) is 5.02 Å². The van der Waals surface area contributed by atoms with E-state index in [1.165, 1.54) is 30.3 Å². The van der Waals surface area contributed by atoms with Crippen molar-refractivity contribution in [1.82, 2.24) is 0 Å². The highest BCUT2D eigenvalue weighted by Crippen LogP contribution is 2.34. The highest BCUT2D eigenvalue weighted by Gasteiger charge is 2.20. The molecule has 0 aliphatic rings. The van der Waals surface area contributed by atoms with Crippen LogP contribution in [0.4, 0.5) is 5.69 Å². The van der Waals surface area contributed by atoms with Crippen LogP contribution in [0, 0.1) is 10.1 Å². The van der Waals surface area contributed by atoms with Crippen LogP contribution in [-0.2, 0) is 9.53 Å². The van der Waals surface area contributed by atoms with E-state index < -0.39 is 16.3 Å². The van der Waals surface area contributed by atoms with Crippen molar-refractivity contribution >= 4 is 34.9 Å². The van der Waals surface area contributed by atoms with E-state index >= 15 is 0 Å². The molecule has 0 aromatic heterocycles. The molecule has 2 aromatic rings. The minimum Gasteiger partial charge on any atom is -0.465 e. The van der Waals surface area contributed by atoms with Crippen LogP contribution < -0.4 is 4.74 Å². The molecule has 0 amide bonds. The van der Waals surface area contributed by atoms with Crippen LogP contribution >= 0.6 is 23.2 Å². The van der Waals surface area contributed by atoms with E-state index in [0.717, 1.165) is 0 Å². The first kappa shape index (κ1) is 18.0. The second kappa shape index (κ2) is 7.99. The predicted octanol–water partition coefficient (Wildman–Crippen LogP) is 4.88. The largest absolute Gasteiger partial charge is 0.465 e. The van der Waals surface area contributed by atoms with E-state index in [2.05, 4.69) is 0 Å². The first-order valence-electron chi connectivity index (χ1n) is 6.94. The second-order valence-corrected chi connectivity index (χ2v) is 5.50. The molecule has 1 atom stereocenters. The molecule has 2 aromatic carbocycles. The minimum atomic E-state index is -0.962. The standard InChI is InChI=1S/C16H13Cl2NO5/c1-2-23-16(20)15(18)10-3-8-14(13(17)9-10)24-12-6-4-11(5-7-12)19(21)22/h3-9,15H,2H2,1H3. The number of carbonyl (C=O) groups excluding carboxylic acids is 1. The maximum Gasteiger partial charge on any atom is 0.328 e. The van der Waals surface area contributed by atoms with Crippen molar-refractivity contribution in [3.8, 4) is 11.5 Å². The molecule has 0 spiro atoms. The Kier molecular flexibility index (Phi) is 6.00. The third-order valence-electron chi connectivity index (χ3n) is 3.02. The Morgan fingerprint density at radius 2 is 1.92 bits per heavy atom. The number of alkyl halides is 1. The molecule has 0 saturated heterocycles. The highest BCUT2D eigenvalue weighted by atomic mass is 35.5. The summed E-state index contributed by atoms with van der Waals surface area (Å²) in [6, 6.07) is 10.3. The van der Waals surface area contributed by atoms with E-state index in [4.69, 9.17) is 32.7 Å². The van der Waals surface area contributed by atoms with Gasteiger partial charge in [0.15, 0.2) is 5.38 Å². The van der Waals surface area contributed by atoms with Gasteiger partial charge in [-0.15, -0.1) is 11.6 Å². The van der Waals surface area contributed by atoms with Gasteiger partial charge in [0.1, 0.15) is 11.5 Å². The molecule has 0 bridgehead atoms. The average molecular weight is 370 g/mol. The molecule has 24 heavy (non-hydrogen) atoms. The van der Waals surface area contributed by atoms with Crippen molar-refractivity contribution in [3.63, 3.8) is 0 Å². The molecule has 0 saturated carbocycles. The second-order valence-electron chi connectivity index (χ2n) is 4.66. The lowest BCUT2D eigenvalue weighted by molar-refractivity contribution is -0.384. The SMILES string of the molecule is CCOC(=O)C(Cl)c1ccc(Oc2ccc([N+](=O)[O-])cc2)c(Cl)c1. The van der Waals surface area contributed by atoms with Crippen LogP contribution in [0.3, 0.4) is 0 Å². The number of halogens is 2. The molecular formula is C16H13Cl2NO5. The number of nitrogens with zero attached hydrogens (tertiary/aromatic N) is 1. The van der Waals surface area contributed by atoms with E-state index in [1.54, 1.807) is 19.1 Å². The molecule has 0 heterocycles. The van der Waals surface area contributed by atoms with Gasteiger partial charge in [0.25, 0.3) is 5.69 Å². The third kappa shape index (κ3) is 4.37. The van der Waals surface area contributed by atoms with Crippen LogP contribution in [0.1, 0.15) is 17.9 Å². The number of non-ortho nitro benzene ring substituents is 1. The number of ether oxygens (including phenoxy) is 2. The zero-order chi connectivity index (χ0) is 17.7. The molecule has 0 aliphatic heterocycles. The quantitative estimate of drug-likeness (QED) is 0.313. The fraction of sp³-hybridized carbons (Fsp3) is 0.188. The smallest absolute Gasteiger partial charge is 0.328 e. The molecule has 8 heteroatoms. The summed E-state index contributed by atoms with van der Waals surface area (Å²) in [5.74, 6) is 0.171. The predicted molar refractivity (Wildman–Crippen MR) is 89.8 cm³/mol. The van der Waals surface area contributed by atoms with E-state index in [1.807, 2.05) is 0 Å². The van der Waals surface area contributed by atoms with Gasteiger partial charge in [-0.3, -0.25) is 14.9 Å². The number of benzene rings is 2. The Labute approximate surface area is 148 Å². The summed E-state index contributed by atoms with van der Waals surface area (Å²) in [5.41, 5.74) is 0.444. The van der Waals surface area contributed by atoms with E-state index in [0.29, 0.717) is 17.1 Å². The fourth-order valence-corrected chi connectivity index (χ4v) is 2.30. The van der Waals surface area contributed by atoms with Gasteiger partial charge in [-0.2, -0.15) is 0 Å². The summed E-state index contributed by atoms with van der Waals surface area (Å²) in [7, 11) is 0. The fourth-order valence-electron chi connectivity index (χ4n) is 1.87. The average Bonchev–Trinajstić information content (AvgIpc) is 2.56. The molecule has 6 nitrogen and oxygen atoms in total. The maximum absolute atomic E-state index is 11.6. The summed E-state index contributed by atoms with van der Waals surface area (Å²) in [6.07, 6.45) is 0. The first-order chi connectivity index (χ1) is 11.4. The van der Waals surface area contributed by atoms with Gasteiger partial charge in [0.05, 0.1) is 16.6 Å². The number of nitro benzene ring substituents is 1. The molecule has 0 N–H and O–H groups in total. The van der Waals surface area contributed by atoms with Gasteiger partial charge >= 0.3 is 5.97 Å². The zero-order valence-corrected chi connectivity index (χ0v) is 14.1. The summed E-state index contributed by atoms with van der Waals surface area (Å²) in [6.45, 7) is 1.92. The number of esters is 1. The van der Waals surface area contributed by atoms with Crippen LogP contribution in [0.5, 0.6) is 11.5 Å². The monoisotopic (exact) mass is 369 g/mol. The Morgan fingerprint density at radius 1 is 1.25 bits per heavy atom. The van der Waals surface area contributed by atoms with Gasteiger partial charge in [-0.05, 0) is 36.8 Å². The van der Waals surface area contributed by atoms with Crippen LogP contribution in [0.15, 0.2) is 42.5 Å². The Hall–Kier alpha value is -2.31. The van der Waals surface area contributed by atoms with Crippen molar-refractivity contribution < 1.29 is 19.2 Å². The molecule has 0 fully saturated rings. The molecule has 2 rings (SSSR count). The van der Waals surface area contributed by atoms with Crippen LogP contribution in [-0.4, -0.2) is 17.5 Å². The van der Waals surface area contributed by atoms with Gasteiger partial charge in [-0.1, -0.05) is 17.7 Å². The van der Waals surface area contributed by atoms with Crippen molar-refractivity contribution in [2.45, 2.75) is 12.3 Å². The van der Waals surface area contributed by atoms with Crippen LogP contribution in [0.25, 0.3) is 0 Å². The Bertz CT molecular complexity index is 749. The number of nitro groups is 1.